The van der Waals surface area contributed by atoms with Crippen molar-refractivity contribution in [3.63, 3.8) is 0 Å². The number of rotatable bonds is 9. The summed E-state index contributed by atoms with van der Waals surface area (Å²) in [6.07, 6.45) is 2.37. The minimum Gasteiger partial charge on any atom is -0.377 e. The third-order valence-electron chi connectivity index (χ3n) is 5.31. The highest BCUT2D eigenvalue weighted by Crippen LogP contribution is 2.13. The number of ether oxygens (including phenoxy) is 1. The lowest BCUT2D eigenvalue weighted by Crippen LogP contribution is -2.49. The van der Waals surface area contributed by atoms with Crippen molar-refractivity contribution in [2.24, 2.45) is 4.99 Å². The van der Waals surface area contributed by atoms with E-state index in [0.717, 1.165) is 39.1 Å². The fourth-order valence-corrected chi connectivity index (χ4v) is 3.36. The number of aliphatic imine (C=N–C) groups is 1. The predicted octanol–water partition coefficient (Wildman–Crippen LogP) is 2.26. The van der Waals surface area contributed by atoms with Gasteiger partial charge < -0.3 is 25.2 Å². The molecule has 0 spiro atoms. The van der Waals surface area contributed by atoms with E-state index >= 15 is 0 Å². The molecule has 0 bridgehead atoms. The molecule has 1 aliphatic rings. The molecule has 168 valence electrons. The third-order valence-corrected chi connectivity index (χ3v) is 5.31. The molecule has 2 rings (SSSR count). The van der Waals surface area contributed by atoms with Crippen LogP contribution < -0.4 is 10.6 Å². The maximum absolute atomic E-state index is 12.0. The summed E-state index contributed by atoms with van der Waals surface area (Å²) in [4.78, 5) is 20.6. The van der Waals surface area contributed by atoms with E-state index < -0.39 is 0 Å². The summed E-state index contributed by atoms with van der Waals surface area (Å²) in [6.45, 7) is 10.2. The molecular weight excluding hydrogens is 378 g/mol. The third kappa shape index (κ3) is 8.71. The van der Waals surface area contributed by atoms with Gasteiger partial charge >= 0.3 is 0 Å². The van der Waals surface area contributed by atoms with E-state index in [2.05, 4.69) is 53.4 Å². The molecule has 1 aromatic carbocycles. The number of nitrogens with one attached hydrogen (secondary N) is 2. The Morgan fingerprint density at radius 1 is 1.20 bits per heavy atom. The minimum atomic E-state index is -0.0107. The lowest BCUT2D eigenvalue weighted by Gasteiger charge is -2.33. The molecule has 0 radical (unpaired) electrons. The van der Waals surface area contributed by atoms with Crippen molar-refractivity contribution in [2.75, 3.05) is 46.9 Å². The van der Waals surface area contributed by atoms with Gasteiger partial charge in [0, 0.05) is 39.8 Å². The summed E-state index contributed by atoms with van der Waals surface area (Å²) < 4.78 is 5.67. The summed E-state index contributed by atoms with van der Waals surface area (Å²) in [7, 11) is 3.51. The van der Waals surface area contributed by atoms with Crippen LogP contribution in [0.2, 0.25) is 0 Å². The number of likely N-dealkylation sites (N-methyl/N-ethyl adjacent to an activating group) is 1. The number of carbonyl (C=O) groups excluding carboxylic acids is 1. The van der Waals surface area contributed by atoms with E-state index in [1.165, 1.54) is 5.56 Å². The van der Waals surface area contributed by atoms with Crippen LogP contribution in [-0.4, -0.2) is 80.7 Å². The van der Waals surface area contributed by atoms with Gasteiger partial charge in [0.05, 0.1) is 18.8 Å². The number of hydrogen-bond donors (Lipinski definition) is 2. The molecule has 30 heavy (non-hydrogen) atoms. The normalized spacial score (nSPS) is 17.1. The molecule has 2 N–H and O–H groups in total. The highest BCUT2D eigenvalue weighted by molar-refractivity contribution is 5.85. The van der Waals surface area contributed by atoms with Crippen molar-refractivity contribution in [2.45, 2.75) is 51.8 Å². The van der Waals surface area contributed by atoms with Crippen molar-refractivity contribution in [3.05, 3.63) is 35.9 Å². The molecule has 1 aliphatic heterocycles. The molecule has 7 nitrogen and oxygen atoms in total. The van der Waals surface area contributed by atoms with E-state index in [1.807, 2.05) is 18.2 Å². The fourth-order valence-electron chi connectivity index (χ4n) is 3.36. The zero-order chi connectivity index (χ0) is 21.9. The first-order valence-electron chi connectivity index (χ1n) is 11.0. The van der Waals surface area contributed by atoms with Gasteiger partial charge in [-0.2, -0.15) is 0 Å². The zero-order valence-electron chi connectivity index (χ0n) is 19.2. The number of benzene rings is 1. The molecule has 1 atom stereocenters. The van der Waals surface area contributed by atoms with E-state index in [0.29, 0.717) is 12.0 Å². The van der Waals surface area contributed by atoms with Gasteiger partial charge in [-0.1, -0.05) is 30.3 Å². The van der Waals surface area contributed by atoms with Crippen LogP contribution in [0.4, 0.5) is 0 Å². The Bertz CT molecular complexity index is 655. The van der Waals surface area contributed by atoms with Crippen LogP contribution in [0.25, 0.3) is 0 Å². The first kappa shape index (κ1) is 24.2. The Morgan fingerprint density at radius 2 is 1.87 bits per heavy atom. The molecule has 1 saturated heterocycles. The molecule has 1 aromatic rings. The summed E-state index contributed by atoms with van der Waals surface area (Å²) in [5.74, 6) is 0.687. The molecule has 1 fully saturated rings. The number of nitrogens with zero attached hydrogens (tertiary/aromatic N) is 3. The Morgan fingerprint density at radius 3 is 2.47 bits per heavy atom. The number of carbonyl (C=O) groups is 1. The van der Waals surface area contributed by atoms with Crippen LogP contribution in [0.15, 0.2) is 35.3 Å². The first-order valence-corrected chi connectivity index (χ1v) is 11.0. The van der Waals surface area contributed by atoms with Crippen LogP contribution in [0.3, 0.4) is 0 Å². The molecule has 7 heteroatoms. The lowest BCUT2D eigenvalue weighted by atomic mass is 10.1. The van der Waals surface area contributed by atoms with Gasteiger partial charge in [-0.25, -0.2) is 4.99 Å². The van der Waals surface area contributed by atoms with Crippen molar-refractivity contribution in [1.29, 1.82) is 0 Å². The quantitative estimate of drug-likeness (QED) is 0.476. The number of hydrogen-bond acceptors (Lipinski definition) is 4. The molecule has 0 saturated carbocycles. The van der Waals surface area contributed by atoms with Gasteiger partial charge in [0.15, 0.2) is 5.96 Å². The van der Waals surface area contributed by atoms with Crippen LogP contribution >= 0.6 is 0 Å². The Kier molecular flexibility index (Phi) is 10.1. The average Bonchev–Trinajstić information content (AvgIpc) is 2.73. The van der Waals surface area contributed by atoms with Crippen LogP contribution in [-0.2, 0) is 9.53 Å². The van der Waals surface area contributed by atoms with Crippen LogP contribution in [0, 0.1) is 0 Å². The maximum Gasteiger partial charge on any atom is 0.243 e. The van der Waals surface area contributed by atoms with Crippen molar-refractivity contribution < 1.29 is 9.53 Å². The van der Waals surface area contributed by atoms with Gasteiger partial charge in [-0.3, -0.25) is 4.79 Å². The second kappa shape index (κ2) is 12.5. The fraction of sp³-hybridized carbons (Fsp3) is 0.652. The zero-order valence-corrected chi connectivity index (χ0v) is 19.2. The average molecular weight is 418 g/mol. The van der Waals surface area contributed by atoms with Crippen molar-refractivity contribution >= 4 is 11.9 Å². The smallest absolute Gasteiger partial charge is 0.243 e. The summed E-state index contributed by atoms with van der Waals surface area (Å²) in [5.41, 5.74) is 1.19. The van der Waals surface area contributed by atoms with Gasteiger partial charge in [-0.15, -0.1) is 0 Å². The van der Waals surface area contributed by atoms with E-state index in [1.54, 1.807) is 19.0 Å². The topological polar surface area (TPSA) is 69.2 Å². The molecule has 0 aliphatic carbocycles. The minimum absolute atomic E-state index is 0.0107. The van der Waals surface area contributed by atoms with E-state index in [-0.39, 0.29) is 24.6 Å². The van der Waals surface area contributed by atoms with Gasteiger partial charge in [0.25, 0.3) is 0 Å². The molecule has 1 amide bonds. The second-order valence-electron chi connectivity index (χ2n) is 8.41. The Balaban J connectivity index is 1.91. The van der Waals surface area contributed by atoms with Gasteiger partial charge in [0.1, 0.15) is 6.54 Å². The van der Waals surface area contributed by atoms with Gasteiger partial charge in [-0.05, 0) is 39.2 Å². The van der Waals surface area contributed by atoms with Crippen molar-refractivity contribution in [1.82, 2.24) is 20.4 Å². The Labute approximate surface area is 181 Å². The Hall–Kier alpha value is -2.12. The lowest BCUT2D eigenvalue weighted by molar-refractivity contribution is -0.127. The SMILES string of the molecule is CC(C)OCCN1CCC(NC(=NCC(=O)N(C)C)NC(C)c2ccccc2)CC1. The largest absolute Gasteiger partial charge is 0.377 e. The van der Waals surface area contributed by atoms with Crippen LogP contribution in [0.1, 0.15) is 45.2 Å². The number of likely N-dealkylation sites (tertiary alicyclic amines) is 1. The monoisotopic (exact) mass is 417 g/mol. The highest BCUT2D eigenvalue weighted by Gasteiger charge is 2.21. The molecular formula is C23H39N5O2. The number of guanidine groups is 1. The summed E-state index contributed by atoms with van der Waals surface area (Å²) in [5, 5.41) is 7.02. The molecule has 1 heterocycles. The summed E-state index contributed by atoms with van der Waals surface area (Å²) >= 11 is 0. The standard InChI is InChI=1S/C23H39N5O2/c1-18(2)30-16-15-28-13-11-21(12-14-28)26-23(24-17-22(29)27(4)5)25-19(3)20-9-7-6-8-10-20/h6-10,18-19,21H,11-17H2,1-5H3,(H2,24,25,26). The predicted molar refractivity (Wildman–Crippen MR) is 123 cm³/mol. The second-order valence-corrected chi connectivity index (χ2v) is 8.41. The maximum atomic E-state index is 12.0. The molecule has 0 aromatic heterocycles. The van der Waals surface area contributed by atoms with E-state index in [4.69, 9.17) is 4.74 Å². The number of piperidine rings is 1. The van der Waals surface area contributed by atoms with Crippen molar-refractivity contribution in [3.8, 4) is 0 Å². The highest BCUT2D eigenvalue weighted by atomic mass is 16.5. The number of amides is 1. The van der Waals surface area contributed by atoms with E-state index in [9.17, 15) is 4.79 Å². The first-order chi connectivity index (χ1) is 14.3. The van der Waals surface area contributed by atoms with Gasteiger partial charge in [0.2, 0.25) is 5.91 Å². The molecule has 1 unspecified atom stereocenters. The summed E-state index contributed by atoms with van der Waals surface area (Å²) in [6, 6.07) is 10.7. The van der Waals surface area contributed by atoms with Crippen LogP contribution in [0.5, 0.6) is 0 Å².